The van der Waals surface area contributed by atoms with E-state index in [1.807, 2.05) is 78.2 Å². The maximum Gasteiger partial charge on any atom is 0.270 e. The number of hydrogen-bond acceptors (Lipinski definition) is 4. The number of nitrogens with one attached hydrogen (secondary N) is 1. The van der Waals surface area contributed by atoms with Crippen LogP contribution in [0.1, 0.15) is 48.8 Å². The Morgan fingerprint density at radius 3 is 2.37 bits per heavy atom. The van der Waals surface area contributed by atoms with Crippen molar-refractivity contribution in [3.05, 3.63) is 90.1 Å². The van der Waals surface area contributed by atoms with Crippen LogP contribution >= 0.6 is 0 Å². The van der Waals surface area contributed by atoms with E-state index < -0.39 is 0 Å². The van der Waals surface area contributed by atoms with Crippen molar-refractivity contribution in [1.29, 1.82) is 0 Å². The van der Waals surface area contributed by atoms with Gasteiger partial charge >= 0.3 is 0 Å². The van der Waals surface area contributed by atoms with Crippen molar-refractivity contribution >= 4 is 5.91 Å². The van der Waals surface area contributed by atoms with Crippen LogP contribution in [0.15, 0.2) is 78.9 Å². The molecule has 0 spiro atoms. The Morgan fingerprint density at radius 1 is 0.943 bits per heavy atom. The number of carbonyl (C=O) groups excluding carboxylic acids is 1. The zero-order valence-corrected chi connectivity index (χ0v) is 20.0. The van der Waals surface area contributed by atoms with Crippen molar-refractivity contribution in [3.8, 4) is 34.1 Å². The van der Waals surface area contributed by atoms with Gasteiger partial charge < -0.3 is 19.4 Å². The molecule has 0 bridgehead atoms. The monoisotopic (exact) mass is 467 g/mol. The van der Waals surface area contributed by atoms with Crippen LogP contribution in [-0.2, 0) is 6.54 Å². The molecule has 0 aliphatic carbocycles. The molecule has 178 valence electrons. The van der Waals surface area contributed by atoms with Crippen molar-refractivity contribution in [2.24, 2.45) is 0 Å². The third kappa shape index (κ3) is 4.52. The van der Waals surface area contributed by atoms with E-state index >= 15 is 0 Å². The van der Waals surface area contributed by atoms with E-state index in [0.717, 1.165) is 35.4 Å². The Kier molecular flexibility index (Phi) is 6.53. The summed E-state index contributed by atoms with van der Waals surface area (Å²) in [6.45, 7) is 4.97. The minimum atomic E-state index is -0.142. The van der Waals surface area contributed by atoms with E-state index in [2.05, 4.69) is 24.4 Å². The molecule has 0 radical (unpaired) electrons. The summed E-state index contributed by atoms with van der Waals surface area (Å²) in [4.78, 5) is 18.9. The number of nitrogens with zero attached hydrogens (tertiary/aromatic N) is 2. The highest BCUT2D eigenvalue weighted by atomic mass is 16.7. The maximum absolute atomic E-state index is 13.9. The molecule has 3 aromatic carbocycles. The zero-order valence-electron chi connectivity index (χ0n) is 20.0. The van der Waals surface area contributed by atoms with E-state index in [1.165, 1.54) is 0 Å². The van der Waals surface area contributed by atoms with Crippen molar-refractivity contribution in [3.63, 3.8) is 0 Å². The van der Waals surface area contributed by atoms with Crippen LogP contribution in [0.2, 0.25) is 0 Å². The first kappa shape index (κ1) is 22.7. The number of benzene rings is 3. The van der Waals surface area contributed by atoms with Crippen LogP contribution in [0.3, 0.4) is 0 Å². The molecule has 1 aromatic heterocycles. The first-order chi connectivity index (χ1) is 17.2. The first-order valence-electron chi connectivity index (χ1n) is 12.1. The third-order valence-electron chi connectivity index (χ3n) is 6.26. The summed E-state index contributed by atoms with van der Waals surface area (Å²) >= 11 is 0. The highest BCUT2D eigenvalue weighted by Gasteiger charge is 2.27. The summed E-state index contributed by atoms with van der Waals surface area (Å²) in [5.74, 6) is 1.98. The van der Waals surface area contributed by atoms with Crippen LogP contribution in [-0.4, -0.2) is 22.3 Å². The van der Waals surface area contributed by atoms with Gasteiger partial charge in [0.15, 0.2) is 11.5 Å². The molecule has 5 rings (SSSR count). The standard InChI is InChI=1S/C29H29N3O3/c1-3-11-23(20-12-7-5-8-13-20)30-29(33)27-26(22-16-17-24-25(18-22)35-19-34-24)31-28(32(27)4-2)21-14-9-6-10-15-21/h5-10,12-18,23H,3-4,11,19H2,1-2H3,(H,30,33). The quantitative estimate of drug-likeness (QED) is 0.333. The van der Waals surface area contributed by atoms with E-state index in [4.69, 9.17) is 14.5 Å². The number of fused-ring (bicyclic) bond motifs is 1. The van der Waals surface area contributed by atoms with Gasteiger partial charge in [0.2, 0.25) is 6.79 Å². The second-order valence-electron chi connectivity index (χ2n) is 8.54. The van der Waals surface area contributed by atoms with Gasteiger partial charge in [-0.1, -0.05) is 74.0 Å². The highest BCUT2D eigenvalue weighted by molar-refractivity contribution is 6.00. The van der Waals surface area contributed by atoms with Gasteiger partial charge in [-0.25, -0.2) is 4.98 Å². The van der Waals surface area contributed by atoms with E-state index in [0.29, 0.717) is 29.4 Å². The molecule has 1 unspecified atom stereocenters. The van der Waals surface area contributed by atoms with Crippen LogP contribution in [0.5, 0.6) is 11.5 Å². The predicted octanol–water partition coefficient (Wildman–Crippen LogP) is 6.24. The molecule has 1 amide bonds. The Balaban J connectivity index is 1.61. The topological polar surface area (TPSA) is 65.4 Å². The predicted molar refractivity (Wildman–Crippen MR) is 136 cm³/mol. The lowest BCUT2D eigenvalue weighted by molar-refractivity contribution is 0.0926. The van der Waals surface area contributed by atoms with Crippen molar-refractivity contribution in [2.75, 3.05) is 6.79 Å². The van der Waals surface area contributed by atoms with Crippen molar-refractivity contribution in [2.45, 2.75) is 39.3 Å². The number of aromatic nitrogens is 2. The molecule has 35 heavy (non-hydrogen) atoms. The Morgan fingerprint density at radius 2 is 1.66 bits per heavy atom. The summed E-state index contributed by atoms with van der Waals surface area (Å²) in [7, 11) is 0. The van der Waals surface area contributed by atoms with E-state index in [9.17, 15) is 4.79 Å². The fourth-order valence-corrected chi connectivity index (χ4v) is 4.57. The first-order valence-corrected chi connectivity index (χ1v) is 12.1. The van der Waals surface area contributed by atoms with Gasteiger partial charge in [0, 0.05) is 17.7 Å². The minimum absolute atomic E-state index is 0.0846. The van der Waals surface area contributed by atoms with Crippen LogP contribution in [0, 0.1) is 0 Å². The number of rotatable bonds is 8. The molecule has 2 heterocycles. The van der Waals surface area contributed by atoms with E-state index in [1.54, 1.807) is 0 Å². The molecule has 0 saturated carbocycles. The van der Waals surface area contributed by atoms with Crippen LogP contribution in [0.4, 0.5) is 0 Å². The molecule has 1 aliphatic rings. The summed E-state index contributed by atoms with van der Waals surface area (Å²) in [5.41, 5.74) is 4.05. The minimum Gasteiger partial charge on any atom is -0.454 e. The maximum atomic E-state index is 13.9. The Hall–Kier alpha value is -4.06. The fraction of sp³-hybridized carbons (Fsp3) is 0.241. The van der Waals surface area contributed by atoms with Crippen molar-refractivity contribution < 1.29 is 14.3 Å². The summed E-state index contributed by atoms with van der Waals surface area (Å²) in [5, 5.41) is 3.30. The lowest BCUT2D eigenvalue weighted by Crippen LogP contribution is -2.30. The van der Waals surface area contributed by atoms with E-state index in [-0.39, 0.29) is 18.7 Å². The van der Waals surface area contributed by atoms with Gasteiger partial charge in [-0.2, -0.15) is 0 Å². The summed E-state index contributed by atoms with van der Waals surface area (Å²) in [6.07, 6.45) is 1.80. The number of carbonyl (C=O) groups is 1. The fourth-order valence-electron chi connectivity index (χ4n) is 4.57. The van der Waals surface area contributed by atoms with Gasteiger partial charge in [-0.05, 0) is 37.1 Å². The third-order valence-corrected chi connectivity index (χ3v) is 6.26. The second kappa shape index (κ2) is 10.1. The highest BCUT2D eigenvalue weighted by Crippen LogP contribution is 2.38. The van der Waals surface area contributed by atoms with Crippen LogP contribution < -0.4 is 14.8 Å². The smallest absolute Gasteiger partial charge is 0.270 e. The number of imidazole rings is 1. The molecule has 1 N–H and O–H groups in total. The zero-order chi connectivity index (χ0) is 24.2. The van der Waals surface area contributed by atoms with Gasteiger partial charge in [0.1, 0.15) is 17.2 Å². The molecule has 0 saturated heterocycles. The second-order valence-corrected chi connectivity index (χ2v) is 8.54. The van der Waals surface area contributed by atoms with Crippen LogP contribution in [0.25, 0.3) is 22.6 Å². The number of ether oxygens (including phenoxy) is 2. The van der Waals surface area contributed by atoms with Crippen molar-refractivity contribution in [1.82, 2.24) is 14.9 Å². The molecule has 6 nitrogen and oxygen atoms in total. The lowest BCUT2D eigenvalue weighted by atomic mass is 10.0. The molecule has 0 fully saturated rings. The van der Waals surface area contributed by atoms with Gasteiger partial charge in [0.05, 0.1) is 6.04 Å². The average molecular weight is 468 g/mol. The summed E-state index contributed by atoms with van der Waals surface area (Å²) in [6, 6.07) is 25.7. The van der Waals surface area contributed by atoms with Gasteiger partial charge in [0.25, 0.3) is 5.91 Å². The summed E-state index contributed by atoms with van der Waals surface area (Å²) < 4.78 is 13.1. The normalized spacial score (nSPS) is 13.0. The molecule has 1 atom stereocenters. The Labute approximate surface area is 205 Å². The molecular weight excluding hydrogens is 438 g/mol. The average Bonchev–Trinajstić information content (AvgIpc) is 3.53. The van der Waals surface area contributed by atoms with Gasteiger partial charge in [-0.3, -0.25) is 4.79 Å². The molecular formula is C29H29N3O3. The Bertz CT molecular complexity index is 1320. The molecule has 4 aromatic rings. The van der Waals surface area contributed by atoms with Gasteiger partial charge in [-0.15, -0.1) is 0 Å². The largest absolute Gasteiger partial charge is 0.454 e. The number of hydrogen-bond donors (Lipinski definition) is 1. The molecule has 1 aliphatic heterocycles. The SMILES string of the molecule is CCCC(NC(=O)c1c(-c2ccc3c(c2)OCO3)nc(-c2ccccc2)n1CC)c1ccccc1. The molecule has 6 heteroatoms. The lowest BCUT2D eigenvalue weighted by Gasteiger charge is -2.20. The number of amides is 1.